The van der Waals surface area contributed by atoms with Crippen molar-refractivity contribution in [3.05, 3.63) is 36.3 Å². The number of hydrogen-bond donors (Lipinski definition) is 2. The highest BCUT2D eigenvalue weighted by molar-refractivity contribution is 5.97. The van der Waals surface area contributed by atoms with Gasteiger partial charge >= 0.3 is 5.97 Å². The summed E-state index contributed by atoms with van der Waals surface area (Å²) in [6.07, 6.45) is 8.81. The molecule has 7 nitrogen and oxygen atoms in total. The van der Waals surface area contributed by atoms with Gasteiger partial charge in [-0.2, -0.15) is 5.10 Å². The molecule has 2 N–H and O–H groups in total. The van der Waals surface area contributed by atoms with E-state index in [9.17, 15) is 9.59 Å². The summed E-state index contributed by atoms with van der Waals surface area (Å²) in [6, 6.07) is 3.79. The Balaban J connectivity index is 1.80. The fraction of sp³-hybridized carbons (Fsp3) is 0.438. The van der Waals surface area contributed by atoms with E-state index in [1.165, 1.54) is 0 Å². The highest BCUT2D eigenvalue weighted by Crippen LogP contribution is 2.13. The first kappa shape index (κ1) is 16.8. The Hall–Kier alpha value is -2.57. The second-order valence-corrected chi connectivity index (χ2v) is 5.41. The minimum absolute atomic E-state index is 0.146. The Morgan fingerprint density at radius 1 is 1.17 bits per heavy atom. The quantitative estimate of drug-likeness (QED) is 0.692. The maximum atomic E-state index is 12.3. The van der Waals surface area contributed by atoms with Crippen molar-refractivity contribution in [1.29, 1.82) is 0 Å². The highest BCUT2D eigenvalue weighted by atomic mass is 16.4. The minimum Gasteiger partial charge on any atom is -0.481 e. The predicted molar refractivity (Wildman–Crippen MR) is 85.6 cm³/mol. The molecule has 0 fully saturated rings. The lowest BCUT2D eigenvalue weighted by Gasteiger charge is -2.08. The number of nitrogens with zero attached hydrogens (tertiary/aromatic N) is 3. The molecule has 23 heavy (non-hydrogen) atoms. The van der Waals surface area contributed by atoms with Crippen LogP contribution < -0.4 is 5.32 Å². The molecule has 2 aromatic rings. The third-order valence-electron chi connectivity index (χ3n) is 3.60. The summed E-state index contributed by atoms with van der Waals surface area (Å²) in [5, 5.41) is 15.6. The maximum absolute atomic E-state index is 12.3. The Bertz CT molecular complexity index is 646. The number of aliphatic carboxylic acids is 1. The molecule has 0 atom stereocenters. The van der Waals surface area contributed by atoms with Crippen molar-refractivity contribution in [2.75, 3.05) is 6.54 Å². The molecule has 0 saturated carbocycles. The number of unbranched alkanes of at least 4 members (excludes halogenated alkanes) is 3. The van der Waals surface area contributed by atoms with Gasteiger partial charge in [0.15, 0.2) is 0 Å². The van der Waals surface area contributed by atoms with Crippen molar-refractivity contribution in [2.24, 2.45) is 7.05 Å². The Labute approximate surface area is 134 Å². The minimum atomic E-state index is -0.757. The zero-order chi connectivity index (χ0) is 16.7. The van der Waals surface area contributed by atoms with Crippen LogP contribution in [0.5, 0.6) is 0 Å². The summed E-state index contributed by atoms with van der Waals surface area (Å²) in [6.45, 7) is 0.575. The van der Waals surface area contributed by atoms with Crippen molar-refractivity contribution < 1.29 is 14.7 Å². The van der Waals surface area contributed by atoms with Crippen LogP contribution in [0.15, 0.2) is 30.7 Å². The number of hydrogen-bond acceptors (Lipinski definition) is 3. The first-order chi connectivity index (χ1) is 11.1. The van der Waals surface area contributed by atoms with Gasteiger partial charge in [0.2, 0.25) is 0 Å². The number of nitrogens with one attached hydrogen (secondary N) is 1. The molecule has 2 rings (SSSR count). The van der Waals surface area contributed by atoms with Gasteiger partial charge < -0.3 is 15.0 Å². The van der Waals surface area contributed by atoms with Crippen LogP contribution in [0.1, 0.15) is 42.5 Å². The third-order valence-corrected chi connectivity index (χ3v) is 3.60. The van der Waals surface area contributed by atoms with Crippen LogP contribution >= 0.6 is 0 Å². The van der Waals surface area contributed by atoms with Crippen molar-refractivity contribution in [3.8, 4) is 5.82 Å². The molecule has 0 spiro atoms. The van der Waals surface area contributed by atoms with Crippen LogP contribution in [0.3, 0.4) is 0 Å². The first-order valence-electron chi connectivity index (χ1n) is 7.75. The van der Waals surface area contributed by atoms with E-state index in [0.717, 1.165) is 25.1 Å². The van der Waals surface area contributed by atoms with E-state index in [-0.39, 0.29) is 12.3 Å². The second kappa shape index (κ2) is 8.17. The topological polar surface area (TPSA) is 89.2 Å². The molecule has 7 heteroatoms. The van der Waals surface area contributed by atoms with Gasteiger partial charge in [0.1, 0.15) is 11.4 Å². The van der Waals surface area contributed by atoms with Crippen LogP contribution in [0.4, 0.5) is 0 Å². The van der Waals surface area contributed by atoms with Crippen LogP contribution in [-0.4, -0.2) is 37.9 Å². The summed E-state index contributed by atoms with van der Waals surface area (Å²) in [5.74, 6) is -0.172. The smallest absolute Gasteiger partial charge is 0.303 e. The van der Waals surface area contributed by atoms with Gasteiger partial charge in [-0.1, -0.05) is 12.8 Å². The van der Waals surface area contributed by atoms with Crippen molar-refractivity contribution in [1.82, 2.24) is 19.7 Å². The van der Waals surface area contributed by atoms with Gasteiger partial charge in [0.25, 0.3) is 5.91 Å². The van der Waals surface area contributed by atoms with E-state index in [1.54, 1.807) is 17.9 Å². The van der Waals surface area contributed by atoms with E-state index in [4.69, 9.17) is 5.11 Å². The number of carbonyl (C=O) groups excluding carboxylic acids is 1. The molecular weight excluding hydrogens is 296 g/mol. The lowest BCUT2D eigenvalue weighted by Crippen LogP contribution is -2.25. The average molecular weight is 318 g/mol. The van der Waals surface area contributed by atoms with Crippen LogP contribution in [-0.2, 0) is 11.8 Å². The molecule has 124 valence electrons. The largest absolute Gasteiger partial charge is 0.481 e. The number of rotatable bonds is 9. The number of amides is 1. The Kier molecular flexibility index (Phi) is 5.96. The van der Waals surface area contributed by atoms with Crippen molar-refractivity contribution in [2.45, 2.75) is 32.1 Å². The van der Waals surface area contributed by atoms with Crippen LogP contribution in [0.25, 0.3) is 5.82 Å². The molecule has 0 saturated heterocycles. The van der Waals surface area contributed by atoms with E-state index < -0.39 is 5.97 Å². The molecule has 0 aliphatic rings. The molecule has 0 unspecified atom stereocenters. The summed E-state index contributed by atoms with van der Waals surface area (Å²) < 4.78 is 3.52. The molecule has 0 aliphatic heterocycles. The number of aryl methyl sites for hydroxylation is 1. The monoisotopic (exact) mass is 318 g/mol. The fourth-order valence-electron chi connectivity index (χ4n) is 2.43. The molecule has 0 radical (unpaired) electrons. The van der Waals surface area contributed by atoms with E-state index in [2.05, 4.69) is 10.4 Å². The zero-order valence-electron chi connectivity index (χ0n) is 13.2. The molecule has 0 aromatic carbocycles. The molecule has 2 aromatic heterocycles. The predicted octanol–water partition coefficient (Wildman–Crippen LogP) is 1.98. The molecule has 2 heterocycles. The SMILES string of the molecule is Cn1ncc(C(=O)NCCCCCCC(=O)O)c1-n1cccc1. The number of aromatic nitrogens is 3. The van der Waals surface area contributed by atoms with Gasteiger partial charge in [-0.15, -0.1) is 0 Å². The lowest BCUT2D eigenvalue weighted by atomic mass is 10.1. The lowest BCUT2D eigenvalue weighted by molar-refractivity contribution is -0.137. The van der Waals surface area contributed by atoms with Crippen LogP contribution in [0, 0.1) is 0 Å². The Morgan fingerprint density at radius 2 is 1.87 bits per heavy atom. The fourth-order valence-corrected chi connectivity index (χ4v) is 2.43. The van der Waals surface area contributed by atoms with Crippen LogP contribution in [0.2, 0.25) is 0 Å². The first-order valence-corrected chi connectivity index (χ1v) is 7.75. The van der Waals surface area contributed by atoms with E-state index in [0.29, 0.717) is 18.5 Å². The summed E-state index contributed by atoms with van der Waals surface area (Å²) >= 11 is 0. The van der Waals surface area contributed by atoms with Crippen molar-refractivity contribution in [3.63, 3.8) is 0 Å². The van der Waals surface area contributed by atoms with Gasteiger partial charge in [-0.05, 0) is 25.0 Å². The third kappa shape index (κ3) is 4.70. The molecular formula is C16H22N4O3. The van der Waals surface area contributed by atoms with Gasteiger partial charge in [0, 0.05) is 32.4 Å². The van der Waals surface area contributed by atoms with Gasteiger partial charge in [0.05, 0.1) is 6.20 Å². The average Bonchev–Trinajstić information content (AvgIpc) is 3.14. The zero-order valence-corrected chi connectivity index (χ0v) is 13.2. The van der Waals surface area contributed by atoms with Gasteiger partial charge in [-0.3, -0.25) is 14.3 Å². The maximum Gasteiger partial charge on any atom is 0.303 e. The number of carboxylic acid groups (broad SMARTS) is 1. The number of carboxylic acids is 1. The molecule has 0 bridgehead atoms. The normalized spacial score (nSPS) is 10.7. The highest BCUT2D eigenvalue weighted by Gasteiger charge is 2.16. The molecule has 1 amide bonds. The Morgan fingerprint density at radius 3 is 2.57 bits per heavy atom. The van der Waals surface area contributed by atoms with E-state index in [1.807, 2.05) is 29.1 Å². The summed E-state index contributed by atoms with van der Waals surface area (Å²) in [7, 11) is 1.80. The standard InChI is InChI=1S/C16H22N4O3/c1-19-16(20-10-6-7-11-20)13(12-18-19)15(23)17-9-5-3-2-4-8-14(21)22/h6-7,10-12H,2-5,8-9H2,1H3,(H,17,23)(H,21,22). The molecule has 0 aliphatic carbocycles. The number of carbonyl (C=O) groups is 2. The second-order valence-electron chi connectivity index (χ2n) is 5.41. The van der Waals surface area contributed by atoms with Crippen molar-refractivity contribution >= 4 is 11.9 Å². The van der Waals surface area contributed by atoms with E-state index >= 15 is 0 Å². The summed E-state index contributed by atoms with van der Waals surface area (Å²) in [5.41, 5.74) is 0.537. The van der Waals surface area contributed by atoms with Gasteiger partial charge in [-0.25, -0.2) is 0 Å². The summed E-state index contributed by atoms with van der Waals surface area (Å²) in [4.78, 5) is 22.7.